The lowest BCUT2D eigenvalue weighted by molar-refractivity contribution is -0.123. The zero-order valence-electron chi connectivity index (χ0n) is 14.8. The van der Waals surface area contributed by atoms with Crippen LogP contribution in [0.15, 0.2) is 17.0 Å². The van der Waals surface area contributed by atoms with E-state index in [0.29, 0.717) is 23.5 Å². The first kappa shape index (κ1) is 19.2. The van der Waals surface area contributed by atoms with Crippen LogP contribution in [0.5, 0.6) is 5.75 Å². The number of hydrogen-bond donors (Lipinski definition) is 2. The van der Waals surface area contributed by atoms with E-state index in [4.69, 9.17) is 4.74 Å². The summed E-state index contributed by atoms with van der Waals surface area (Å²) < 4.78 is 32.1. The smallest absolute Gasteiger partial charge is 0.265 e. The quantitative estimate of drug-likeness (QED) is 0.774. The maximum absolute atomic E-state index is 12.8. The fraction of sp³-hybridized carbons (Fsp3) is 0.500. The first-order valence-electron chi connectivity index (χ1n) is 8.02. The van der Waals surface area contributed by atoms with Gasteiger partial charge in [0.25, 0.3) is 5.91 Å². The number of nitrogens with zero attached hydrogens (tertiary/aromatic N) is 1. The Morgan fingerprint density at radius 2 is 2.08 bits per heavy atom. The number of nitrogens with one attached hydrogen (secondary N) is 2. The Labute approximate surface area is 147 Å². The fourth-order valence-electron chi connectivity index (χ4n) is 2.40. The lowest BCUT2D eigenvalue weighted by atomic mass is 10.1. The van der Waals surface area contributed by atoms with Crippen LogP contribution in [0, 0.1) is 6.92 Å². The molecule has 0 bridgehead atoms. The van der Waals surface area contributed by atoms with Crippen molar-refractivity contribution in [3.8, 4) is 5.75 Å². The van der Waals surface area contributed by atoms with Gasteiger partial charge in [-0.15, -0.1) is 0 Å². The van der Waals surface area contributed by atoms with Gasteiger partial charge in [0.1, 0.15) is 5.75 Å². The molecule has 0 aromatic heterocycles. The van der Waals surface area contributed by atoms with E-state index >= 15 is 0 Å². The third-order valence-electron chi connectivity index (χ3n) is 3.83. The Kier molecular flexibility index (Phi) is 5.69. The molecule has 2 rings (SSSR count). The summed E-state index contributed by atoms with van der Waals surface area (Å²) in [6.07, 6.45) is 0.0659. The molecule has 1 atom stereocenters. The Morgan fingerprint density at radius 3 is 2.72 bits per heavy atom. The van der Waals surface area contributed by atoms with Gasteiger partial charge in [-0.05, 0) is 31.9 Å². The molecule has 9 heteroatoms. The summed E-state index contributed by atoms with van der Waals surface area (Å²) in [6, 6.07) is 2.94. The second-order valence-corrected chi connectivity index (χ2v) is 7.99. The summed E-state index contributed by atoms with van der Waals surface area (Å²) >= 11 is 0. The van der Waals surface area contributed by atoms with Crippen LogP contribution in [0.4, 0.5) is 5.69 Å². The summed E-state index contributed by atoms with van der Waals surface area (Å²) in [6.45, 7) is 5.35. The standard InChI is InChI=1S/C16H23N3O5S/c1-5-6-17-15(20)9-19(4)25(22,23)14-8-13-12(7-10(14)2)18-16(21)11(3)24-13/h7-8,11H,5-6,9H2,1-4H3,(H,17,20)(H,18,21)/t11-/m1/s1. The van der Waals surface area contributed by atoms with E-state index in [9.17, 15) is 18.0 Å². The first-order valence-corrected chi connectivity index (χ1v) is 9.46. The molecule has 0 saturated carbocycles. The van der Waals surface area contributed by atoms with Crippen molar-refractivity contribution in [2.24, 2.45) is 0 Å². The van der Waals surface area contributed by atoms with Gasteiger partial charge in [0, 0.05) is 19.7 Å². The van der Waals surface area contributed by atoms with Crippen LogP contribution in [0.2, 0.25) is 0 Å². The van der Waals surface area contributed by atoms with Gasteiger partial charge in [-0.1, -0.05) is 6.92 Å². The molecular formula is C16H23N3O5S. The van der Waals surface area contributed by atoms with Crippen molar-refractivity contribution in [2.75, 3.05) is 25.5 Å². The lowest BCUT2D eigenvalue weighted by Crippen LogP contribution is -2.39. The highest BCUT2D eigenvalue weighted by atomic mass is 32.2. The average molecular weight is 369 g/mol. The SMILES string of the molecule is CCCNC(=O)CN(C)S(=O)(=O)c1cc2c(cc1C)NC(=O)[C@@H](C)O2. The zero-order valence-corrected chi connectivity index (χ0v) is 15.6. The van der Waals surface area contributed by atoms with Gasteiger partial charge < -0.3 is 15.4 Å². The molecule has 1 aromatic rings. The lowest BCUT2D eigenvalue weighted by Gasteiger charge is -2.25. The first-order chi connectivity index (χ1) is 11.7. The van der Waals surface area contributed by atoms with E-state index in [-0.39, 0.29) is 23.3 Å². The maximum atomic E-state index is 12.8. The molecule has 0 unspecified atom stereocenters. The highest BCUT2D eigenvalue weighted by Gasteiger charge is 2.29. The number of fused-ring (bicyclic) bond motifs is 1. The molecule has 0 saturated heterocycles. The van der Waals surface area contributed by atoms with E-state index in [1.807, 2.05) is 6.92 Å². The highest BCUT2D eigenvalue weighted by Crippen LogP contribution is 2.35. The normalized spacial score (nSPS) is 16.8. The number of rotatable bonds is 6. The van der Waals surface area contributed by atoms with Crippen LogP contribution >= 0.6 is 0 Å². The van der Waals surface area contributed by atoms with Crippen LogP contribution in [-0.2, 0) is 19.6 Å². The van der Waals surface area contributed by atoms with Gasteiger partial charge in [0.2, 0.25) is 15.9 Å². The molecule has 1 aliphatic heterocycles. The monoisotopic (exact) mass is 369 g/mol. The Bertz CT molecular complexity index is 791. The second-order valence-electron chi connectivity index (χ2n) is 5.97. The number of aryl methyl sites for hydroxylation is 1. The Hall–Kier alpha value is -2.13. The van der Waals surface area contributed by atoms with Crippen molar-refractivity contribution in [2.45, 2.75) is 38.2 Å². The number of sulfonamides is 1. The second kappa shape index (κ2) is 7.40. The largest absolute Gasteiger partial charge is 0.479 e. The molecular weight excluding hydrogens is 346 g/mol. The molecule has 0 aliphatic carbocycles. The minimum absolute atomic E-state index is 0.0420. The van der Waals surface area contributed by atoms with Crippen LogP contribution in [0.25, 0.3) is 0 Å². The third-order valence-corrected chi connectivity index (χ3v) is 5.78. The molecule has 8 nitrogen and oxygen atoms in total. The van der Waals surface area contributed by atoms with Gasteiger partial charge in [0.15, 0.2) is 6.10 Å². The van der Waals surface area contributed by atoms with E-state index in [1.54, 1.807) is 19.9 Å². The third kappa shape index (κ3) is 4.10. The number of carbonyl (C=O) groups is 2. The van der Waals surface area contributed by atoms with Crippen molar-refractivity contribution in [1.82, 2.24) is 9.62 Å². The predicted molar refractivity (Wildman–Crippen MR) is 93.0 cm³/mol. The minimum atomic E-state index is -3.87. The molecule has 0 fully saturated rings. The summed E-state index contributed by atoms with van der Waals surface area (Å²) in [5.74, 6) is -0.354. The maximum Gasteiger partial charge on any atom is 0.265 e. The summed E-state index contributed by atoms with van der Waals surface area (Å²) in [5.41, 5.74) is 0.890. The number of carbonyl (C=O) groups excluding carboxylic acids is 2. The predicted octanol–water partition coefficient (Wildman–Crippen LogP) is 0.861. The molecule has 2 N–H and O–H groups in total. The molecule has 25 heavy (non-hydrogen) atoms. The molecule has 1 aliphatic rings. The Balaban J connectivity index is 2.29. The molecule has 1 aromatic carbocycles. The number of amides is 2. The summed E-state index contributed by atoms with van der Waals surface area (Å²) in [5, 5.41) is 5.32. The zero-order chi connectivity index (χ0) is 18.8. The topological polar surface area (TPSA) is 105 Å². The summed E-state index contributed by atoms with van der Waals surface area (Å²) in [7, 11) is -2.52. The molecule has 138 valence electrons. The number of ether oxygens (including phenoxy) is 1. The van der Waals surface area contributed by atoms with Gasteiger partial charge in [-0.3, -0.25) is 9.59 Å². The van der Waals surface area contributed by atoms with Crippen molar-refractivity contribution in [3.05, 3.63) is 17.7 Å². The fourth-order valence-corrected chi connectivity index (χ4v) is 3.74. The van der Waals surface area contributed by atoms with Gasteiger partial charge in [-0.25, -0.2) is 8.42 Å². The van der Waals surface area contributed by atoms with Crippen molar-refractivity contribution >= 4 is 27.5 Å². The van der Waals surface area contributed by atoms with Crippen LogP contribution in [-0.4, -0.2) is 50.8 Å². The molecule has 0 radical (unpaired) electrons. The van der Waals surface area contributed by atoms with Crippen LogP contribution < -0.4 is 15.4 Å². The molecule has 1 heterocycles. The number of hydrogen-bond acceptors (Lipinski definition) is 5. The van der Waals surface area contributed by atoms with Crippen molar-refractivity contribution in [1.29, 1.82) is 0 Å². The number of benzene rings is 1. The van der Waals surface area contributed by atoms with Crippen molar-refractivity contribution < 1.29 is 22.7 Å². The van der Waals surface area contributed by atoms with Crippen molar-refractivity contribution in [3.63, 3.8) is 0 Å². The summed E-state index contributed by atoms with van der Waals surface area (Å²) in [4.78, 5) is 23.5. The Morgan fingerprint density at radius 1 is 1.40 bits per heavy atom. The highest BCUT2D eigenvalue weighted by molar-refractivity contribution is 7.89. The number of likely N-dealkylation sites (N-methyl/N-ethyl adjacent to an activating group) is 1. The van der Waals surface area contributed by atoms with E-state index < -0.39 is 16.1 Å². The minimum Gasteiger partial charge on any atom is -0.479 e. The molecule has 2 amide bonds. The van der Waals surface area contributed by atoms with Gasteiger partial charge in [-0.2, -0.15) is 4.31 Å². The average Bonchev–Trinajstić information content (AvgIpc) is 2.53. The van der Waals surface area contributed by atoms with Gasteiger partial charge in [0.05, 0.1) is 17.1 Å². The van der Waals surface area contributed by atoms with E-state index in [1.165, 1.54) is 13.1 Å². The van der Waals surface area contributed by atoms with Crippen LogP contribution in [0.3, 0.4) is 0 Å². The molecule has 0 spiro atoms. The van der Waals surface area contributed by atoms with E-state index in [0.717, 1.165) is 10.7 Å². The van der Waals surface area contributed by atoms with Gasteiger partial charge >= 0.3 is 0 Å². The number of anilines is 1. The van der Waals surface area contributed by atoms with Crippen LogP contribution in [0.1, 0.15) is 25.8 Å². The van der Waals surface area contributed by atoms with E-state index in [2.05, 4.69) is 10.6 Å².